The molecule has 0 radical (unpaired) electrons. The van der Waals surface area contributed by atoms with Crippen molar-refractivity contribution < 1.29 is 29.0 Å². The largest absolute Gasteiger partial charge is 0.507 e. The van der Waals surface area contributed by atoms with Gasteiger partial charge in [0.05, 0.1) is 24.4 Å². The Labute approximate surface area is 260 Å². The van der Waals surface area contributed by atoms with Crippen molar-refractivity contribution in [3.8, 4) is 5.75 Å². The highest BCUT2D eigenvalue weighted by atomic mass is 32.1. The minimum absolute atomic E-state index is 0.0664. The first-order chi connectivity index (χ1) is 20.9. The van der Waals surface area contributed by atoms with Crippen LogP contribution in [-0.4, -0.2) is 34.9 Å². The number of aryl methyl sites for hydroxylation is 2. The van der Waals surface area contributed by atoms with Gasteiger partial charge in [-0.15, -0.1) is 0 Å². The second-order valence-electron chi connectivity index (χ2n) is 11.7. The highest BCUT2D eigenvalue weighted by molar-refractivity contribution is 7.17. The third-order valence-electron chi connectivity index (χ3n) is 7.58. The van der Waals surface area contributed by atoms with Crippen LogP contribution in [-0.2, 0) is 26.3 Å². The number of ketones is 1. The van der Waals surface area contributed by atoms with E-state index in [0.717, 1.165) is 28.0 Å². The van der Waals surface area contributed by atoms with Crippen molar-refractivity contribution in [1.29, 1.82) is 0 Å². The number of aliphatic hydroxyl groups is 1. The Balaban J connectivity index is 1.59. The summed E-state index contributed by atoms with van der Waals surface area (Å²) in [5.74, 6) is -1.95. The number of carbonyl (C=O) groups excluding carboxylic acids is 3. The molecule has 1 N–H and O–H groups in total. The number of Topliss-reactive ketones (excluding diaryl/α,β-unsaturated/α-hetero) is 1. The molecule has 1 atom stereocenters. The molecule has 1 aliphatic rings. The molecule has 1 aromatic heterocycles. The van der Waals surface area contributed by atoms with Crippen LogP contribution in [0.2, 0.25) is 0 Å². The van der Waals surface area contributed by atoms with Crippen LogP contribution < -0.4 is 9.64 Å². The predicted octanol–water partition coefficient (Wildman–Crippen LogP) is 7.05. The van der Waals surface area contributed by atoms with Crippen LogP contribution in [0.5, 0.6) is 5.75 Å². The van der Waals surface area contributed by atoms with Crippen molar-refractivity contribution in [3.05, 3.63) is 117 Å². The number of anilines is 1. The minimum Gasteiger partial charge on any atom is -0.507 e. The Kier molecular flexibility index (Phi) is 8.43. The Morgan fingerprint density at radius 2 is 1.68 bits per heavy atom. The molecule has 4 aromatic rings. The molecule has 0 saturated carbocycles. The number of ether oxygens (including phenoxy) is 2. The topological polar surface area (TPSA) is 106 Å². The summed E-state index contributed by atoms with van der Waals surface area (Å²) >= 11 is 0.965. The lowest BCUT2D eigenvalue weighted by atomic mass is 9.85. The number of hydrogen-bond acceptors (Lipinski definition) is 8. The van der Waals surface area contributed by atoms with Crippen LogP contribution in [0.15, 0.2) is 78.4 Å². The Hall–Kier alpha value is -4.76. The molecule has 1 aliphatic heterocycles. The minimum atomic E-state index is -0.977. The second kappa shape index (κ2) is 12.1. The number of benzene rings is 3. The summed E-state index contributed by atoms with van der Waals surface area (Å²) in [7, 11) is 1.27. The van der Waals surface area contributed by atoms with Gasteiger partial charge in [0.2, 0.25) is 0 Å². The van der Waals surface area contributed by atoms with E-state index in [0.29, 0.717) is 29.2 Å². The highest BCUT2D eigenvalue weighted by Crippen LogP contribution is 2.44. The summed E-state index contributed by atoms with van der Waals surface area (Å²) < 4.78 is 10.9. The number of carbonyl (C=O) groups is 3. The van der Waals surface area contributed by atoms with Gasteiger partial charge in [-0.2, -0.15) is 0 Å². The smallest absolute Gasteiger partial charge is 0.350 e. The van der Waals surface area contributed by atoms with Crippen molar-refractivity contribution in [2.75, 3.05) is 12.0 Å². The van der Waals surface area contributed by atoms with Crippen molar-refractivity contribution in [2.45, 2.75) is 52.7 Å². The van der Waals surface area contributed by atoms with E-state index in [1.165, 1.54) is 12.0 Å². The number of thiazole rings is 1. The summed E-state index contributed by atoms with van der Waals surface area (Å²) in [5, 5.41) is 11.8. The fourth-order valence-electron chi connectivity index (χ4n) is 5.13. The summed E-state index contributed by atoms with van der Waals surface area (Å²) in [6.07, 6.45) is 0. The molecule has 0 bridgehead atoms. The quantitative estimate of drug-likeness (QED) is 0.103. The van der Waals surface area contributed by atoms with E-state index in [9.17, 15) is 19.5 Å². The van der Waals surface area contributed by atoms with Gasteiger partial charge in [-0.05, 0) is 59.7 Å². The lowest BCUT2D eigenvalue weighted by molar-refractivity contribution is -0.132. The van der Waals surface area contributed by atoms with Gasteiger partial charge in [-0.3, -0.25) is 14.5 Å². The molecule has 0 aliphatic carbocycles. The predicted molar refractivity (Wildman–Crippen MR) is 170 cm³/mol. The average Bonchev–Trinajstić information content (AvgIpc) is 3.51. The lowest BCUT2D eigenvalue weighted by Gasteiger charge is -2.25. The highest BCUT2D eigenvalue weighted by Gasteiger charge is 2.48. The van der Waals surface area contributed by atoms with E-state index < -0.39 is 23.7 Å². The number of aliphatic hydroxyl groups excluding tert-OH is 1. The van der Waals surface area contributed by atoms with E-state index in [4.69, 9.17) is 9.47 Å². The Bertz CT molecular complexity index is 1770. The standard InChI is InChI=1S/C35H34N2O6S/c1-20-18-24(14-17-26(20)43-19-22-10-8-7-9-11-22)29(38)27-28(23-12-15-25(16-13-23)35(3,4)5)37(32(40)30(27)39)34-36-21(2)31(44-34)33(41)42-6/h7-18,28,38H,19H2,1-6H3/b29-27+/t28-/m0/s1. The zero-order valence-electron chi connectivity index (χ0n) is 25.5. The van der Waals surface area contributed by atoms with Gasteiger partial charge in [0.15, 0.2) is 5.13 Å². The Morgan fingerprint density at radius 1 is 1.00 bits per heavy atom. The molecule has 2 heterocycles. The number of esters is 1. The van der Waals surface area contributed by atoms with Crippen molar-refractivity contribution >= 4 is 39.9 Å². The fraction of sp³-hybridized carbons (Fsp3) is 0.257. The molecule has 9 heteroatoms. The number of nitrogens with zero attached hydrogens (tertiary/aromatic N) is 2. The van der Waals surface area contributed by atoms with Crippen LogP contribution in [0.3, 0.4) is 0 Å². The molecule has 1 saturated heterocycles. The van der Waals surface area contributed by atoms with Crippen LogP contribution >= 0.6 is 11.3 Å². The average molecular weight is 611 g/mol. The van der Waals surface area contributed by atoms with Gasteiger partial charge in [0.1, 0.15) is 23.0 Å². The van der Waals surface area contributed by atoms with Crippen LogP contribution in [0, 0.1) is 13.8 Å². The molecular formula is C35H34N2O6S. The number of hydrogen-bond donors (Lipinski definition) is 1. The molecular weight excluding hydrogens is 576 g/mol. The molecule has 0 unspecified atom stereocenters. The zero-order valence-corrected chi connectivity index (χ0v) is 26.3. The molecule has 1 amide bonds. The molecule has 5 rings (SSSR count). The monoisotopic (exact) mass is 610 g/mol. The van der Waals surface area contributed by atoms with E-state index in [2.05, 4.69) is 25.8 Å². The number of methoxy groups -OCH3 is 1. The van der Waals surface area contributed by atoms with Gasteiger partial charge >= 0.3 is 11.9 Å². The maximum absolute atomic E-state index is 13.7. The number of aromatic nitrogens is 1. The van der Waals surface area contributed by atoms with Crippen LogP contribution in [0.1, 0.15) is 70.0 Å². The molecule has 1 fully saturated rings. The van der Waals surface area contributed by atoms with Crippen molar-refractivity contribution in [1.82, 2.24) is 4.98 Å². The molecule has 44 heavy (non-hydrogen) atoms. The third kappa shape index (κ3) is 5.88. The molecule has 8 nitrogen and oxygen atoms in total. The molecule has 0 spiro atoms. The molecule has 3 aromatic carbocycles. The SMILES string of the molecule is COC(=O)c1sc(N2C(=O)C(=O)/C(=C(/O)c3ccc(OCc4ccccc4)c(C)c3)[C@@H]2c2ccc(C(C)(C)C)cc2)nc1C. The van der Waals surface area contributed by atoms with Crippen LogP contribution in [0.4, 0.5) is 5.13 Å². The van der Waals surface area contributed by atoms with Crippen LogP contribution in [0.25, 0.3) is 5.76 Å². The first kappa shape index (κ1) is 30.7. The summed E-state index contributed by atoms with van der Waals surface area (Å²) in [6.45, 7) is 10.2. The number of rotatable bonds is 7. The van der Waals surface area contributed by atoms with Gasteiger partial charge in [-0.25, -0.2) is 9.78 Å². The Morgan fingerprint density at radius 3 is 2.30 bits per heavy atom. The first-order valence-corrected chi connectivity index (χ1v) is 15.0. The van der Waals surface area contributed by atoms with Crippen molar-refractivity contribution in [3.63, 3.8) is 0 Å². The summed E-state index contributed by atoms with van der Waals surface area (Å²) in [5.41, 5.74) is 4.01. The maximum atomic E-state index is 13.7. The normalized spacial score (nSPS) is 16.3. The number of amides is 1. The van der Waals surface area contributed by atoms with Gasteiger partial charge in [0.25, 0.3) is 5.78 Å². The summed E-state index contributed by atoms with van der Waals surface area (Å²) in [4.78, 5) is 45.6. The zero-order chi connectivity index (χ0) is 31.8. The van der Waals surface area contributed by atoms with E-state index in [1.54, 1.807) is 25.1 Å². The first-order valence-electron chi connectivity index (χ1n) is 14.2. The van der Waals surface area contributed by atoms with E-state index in [-0.39, 0.29) is 26.8 Å². The third-order valence-corrected chi connectivity index (χ3v) is 8.72. The van der Waals surface area contributed by atoms with Gasteiger partial charge < -0.3 is 14.6 Å². The lowest BCUT2D eigenvalue weighted by Crippen LogP contribution is -2.29. The van der Waals surface area contributed by atoms with Gasteiger partial charge in [0, 0.05) is 5.56 Å². The van der Waals surface area contributed by atoms with Crippen molar-refractivity contribution in [2.24, 2.45) is 0 Å². The maximum Gasteiger partial charge on any atom is 0.350 e. The molecule has 226 valence electrons. The van der Waals surface area contributed by atoms with E-state index in [1.807, 2.05) is 61.5 Å². The summed E-state index contributed by atoms with van der Waals surface area (Å²) in [6, 6.07) is 21.5. The second-order valence-corrected chi connectivity index (χ2v) is 12.7. The fourth-order valence-corrected chi connectivity index (χ4v) is 6.14. The van der Waals surface area contributed by atoms with E-state index >= 15 is 0 Å². The van der Waals surface area contributed by atoms with Gasteiger partial charge in [-0.1, -0.05) is 86.7 Å².